The Balaban J connectivity index is 1.34. The average Bonchev–Trinajstić information content (AvgIpc) is 3.17. The summed E-state index contributed by atoms with van der Waals surface area (Å²) in [7, 11) is -2.08. The van der Waals surface area contributed by atoms with E-state index in [1.165, 1.54) is 29.5 Å². The van der Waals surface area contributed by atoms with Gasteiger partial charge in [0.1, 0.15) is 16.5 Å². The number of aryl methyl sites for hydroxylation is 4. The van der Waals surface area contributed by atoms with E-state index >= 15 is 0 Å². The number of nitrogens with one attached hydrogen (secondary N) is 1. The Bertz CT molecular complexity index is 1250. The molecule has 0 amide bonds. The lowest BCUT2D eigenvalue weighted by atomic mass is 10.1. The highest BCUT2D eigenvalue weighted by atomic mass is 32.2. The number of sulfonamides is 1. The summed E-state index contributed by atoms with van der Waals surface area (Å²) >= 11 is 1.64. The number of thiophene rings is 1. The molecule has 0 fully saturated rings. The number of ether oxygens (including phenoxy) is 1. The number of esters is 1. The Labute approximate surface area is 190 Å². The van der Waals surface area contributed by atoms with Gasteiger partial charge in [-0.3, -0.25) is 4.79 Å². The van der Waals surface area contributed by atoms with Crippen LogP contribution in [-0.2, 0) is 46.1 Å². The minimum absolute atomic E-state index is 0.0857. The Morgan fingerprint density at radius 1 is 1.25 bits per heavy atom. The molecule has 0 unspecified atom stereocenters. The average molecular weight is 479 g/mol. The Hall–Kier alpha value is -2.57. The van der Waals surface area contributed by atoms with Crippen molar-refractivity contribution in [2.24, 2.45) is 7.05 Å². The first-order valence-electron chi connectivity index (χ1n) is 10.5. The van der Waals surface area contributed by atoms with Crippen molar-refractivity contribution in [1.82, 2.24) is 24.2 Å². The second-order valence-electron chi connectivity index (χ2n) is 7.82. The lowest BCUT2D eigenvalue weighted by Crippen LogP contribution is -2.27. The molecule has 1 aliphatic rings. The van der Waals surface area contributed by atoms with Gasteiger partial charge in [0.05, 0.1) is 11.8 Å². The van der Waals surface area contributed by atoms with E-state index in [-0.39, 0.29) is 24.6 Å². The summed E-state index contributed by atoms with van der Waals surface area (Å²) in [4.78, 5) is 27.1. The number of carbonyl (C=O) groups is 1. The molecule has 1 aliphatic carbocycles. The van der Waals surface area contributed by atoms with Gasteiger partial charge < -0.3 is 15.0 Å². The first-order valence-corrected chi connectivity index (χ1v) is 12.8. The van der Waals surface area contributed by atoms with Gasteiger partial charge in [-0.15, -0.1) is 11.3 Å². The maximum absolute atomic E-state index is 12.3. The smallest absolute Gasteiger partial charge is 0.307 e. The van der Waals surface area contributed by atoms with E-state index in [1.807, 2.05) is 0 Å². The number of imidazole rings is 1. The predicted molar refractivity (Wildman–Crippen MR) is 121 cm³/mol. The molecule has 3 aromatic heterocycles. The van der Waals surface area contributed by atoms with Crippen molar-refractivity contribution < 1.29 is 17.9 Å². The number of fused-ring (bicyclic) bond motifs is 3. The van der Waals surface area contributed by atoms with E-state index in [0.29, 0.717) is 17.5 Å². The Kier molecular flexibility index (Phi) is 6.45. The topological polar surface area (TPSA) is 142 Å². The molecular weight excluding hydrogens is 452 g/mol. The molecule has 10 nitrogen and oxygen atoms in total. The summed E-state index contributed by atoms with van der Waals surface area (Å²) < 4.78 is 33.7. The SMILES string of the molecule is Cc1nc(S(=O)(=O)NCCC(=O)OCc2nc(N)c3c4c(sc3n2)CCCCC4)cn1C. The highest BCUT2D eigenvalue weighted by molar-refractivity contribution is 7.89. The molecule has 12 heteroatoms. The van der Waals surface area contributed by atoms with Gasteiger partial charge in [0.15, 0.2) is 17.5 Å². The molecule has 0 saturated carbocycles. The number of nitrogen functional groups attached to an aromatic ring is 1. The Morgan fingerprint density at radius 3 is 2.78 bits per heavy atom. The summed E-state index contributed by atoms with van der Waals surface area (Å²) in [6, 6.07) is 0. The number of aromatic nitrogens is 4. The number of nitrogens with two attached hydrogens (primary N) is 1. The van der Waals surface area contributed by atoms with Crippen molar-refractivity contribution in [2.75, 3.05) is 12.3 Å². The van der Waals surface area contributed by atoms with Crippen LogP contribution >= 0.6 is 11.3 Å². The number of nitrogens with zero attached hydrogens (tertiary/aromatic N) is 4. The van der Waals surface area contributed by atoms with Crippen LogP contribution in [0.5, 0.6) is 0 Å². The fourth-order valence-electron chi connectivity index (χ4n) is 3.71. The predicted octanol–water partition coefficient (Wildman–Crippen LogP) is 2.00. The van der Waals surface area contributed by atoms with Crippen LogP contribution in [0.4, 0.5) is 5.82 Å². The van der Waals surface area contributed by atoms with E-state index in [0.717, 1.165) is 29.5 Å². The van der Waals surface area contributed by atoms with Crippen LogP contribution in [0.15, 0.2) is 11.2 Å². The summed E-state index contributed by atoms with van der Waals surface area (Å²) in [6.07, 6.45) is 6.84. The highest BCUT2D eigenvalue weighted by Gasteiger charge is 2.21. The molecule has 0 radical (unpaired) electrons. The van der Waals surface area contributed by atoms with Crippen molar-refractivity contribution in [2.45, 2.75) is 57.1 Å². The van der Waals surface area contributed by atoms with E-state index in [4.69, 9.17) is 10.5 Å². The largest absolute Gasteiger partial charge is 0.457 e. The number of rotatable bonds is 7. The van der Waals surface area contributed by atoms with Crippen LogP contribution in [0.2, 0.25) is 0 Å². The minimum Gasteiger partial charge on any atom is -0.457 e. The van der Waals surface area contributed by atoms with Crippen molar-refractivity contribution >= 4 is 43.4 Å². The molecule has 4 rings (SSSR count). The third-order valence-corrected chi connectivity index (χ3v) is 8.00. The summed E-state index contributed by atoms with van der Waals surface area (Å²) in [5, 5.41) is 0.846. The van der Waals surface area contributed by atoms with Gasteiger partial charge in [0, 0.05) is 24.7 Å². The molecule has 0 atom stereocenters. The molecule has 32 heavy (non-hydrogen) atoms. The van der Waals surface area contributed by atoms with Gasteiger partial charge in [0.25, 0.3) is 10.0 Å². The number of hydrogen-bond donors (Lipinski definition) is 2. The van der Waals surface area contributed by atoms with Crippen molar-refractivity contribution in [3.8, 4) is 0 Å². The van der Waals surface area contributed by atoms with Gasteiger partial charge in [-0.25, -0.2) is 28.1 Å². The molecule has 0 bridgehead atoms. The fourth-order valence-corrected chi connectivity index (χ4v) is 6.06. The maximum atomic E-state index is 12.3. The minimum atomic E-state index is -3.79. The van der Waals surface area contributed by atoms with Gasteiger partial charge >= 0.3 is 5.97 Å². The third kappa shape index (κ3) is 4.76. The monoisotopic (exact) mass is 478 g/mol. The highest BCUT2D eigenvalue weighted by Crippen LogP contribution is 2.37. The van der Waals surface area contributed by atoms with Gasteiger partial charge in [-0.05, 0) is 38.2 Å². The van der Waals surface area contributed by atoms with Crippen molar-refractivity contribution in [3.63, 3.8) is 0 Å². The second kappa shape index (κ2) is 9.12. The quantitative estimate of drug-likeness (QED) is 0.388. The number of carbonyl (C=O) groups excluding carboxylic acids is 1. The standard InChI is InChI=1S/C20H26N6O4S2/c1-12-23-16(10-26(12)2)32(28,29)22-9-8-17(27)30-11-15-24-19(21)18-13-6-4-3-5-7-14(13)31-20(18)25-15/h10,22H,3-9,11H2,1-2H3,(H2,21,24,25). The normalized spacial score (nSPS) is 14.3. The molecular formula is C20H26N6O4S2. The molecule has 3 N–H and O–H groups in total. The van der Waals surface area contributed by atoms with E-state index in [2.05, 4.69) is 19.7 Å². The molecule has 0 aliphatic heterocycles. The lowest BCUT2D eigenvalue weighted by molar-refractivity contribution is -0.145. The van der Waals surface area contributed by atoms with Gasteiger partial charge in [0.2, 0.25) is 0 Å². The first-order chi connectivity index (χ1) is 15.2. The molecule has 3 heterocycles. The number of anilines is 1. The summed E-state index contributed by atoms with van der Waals surface area (Å²) in [5.74, 6) is 0.764. The van der Waals surface area contributed by atoms with E-state index in [9.17, 15) is 13.2 Å². The van der Waals surface area contributed by atoms with E-state index < -0.39 is 16.0 Å². The second-order valence-corrected chi connectivity index (χ2v) is 10.6. The molecule has 0 spiro atoms. The first kappa shape index (κ1) is 22.6. The maximum Gasteiger partial charge on any atom is 0.307 e. The van der Waals surface area contributed by atoms with Crippen LogP contribution in [-0.4, -0.2) is 40.5 Å². The van der Waals surface area contributed by atoms with Crippen LogP contribution < -0.4 is 10.5 Å². The van der Waals surface area contributed by atoms with Gasteiger partial charge in [-0.1, -0.05) is 6.42 Å². The van der Waals surface area contributed by atoms with Crippen molar-refractivity contribution in [1.29, 1.82) is 0 Å². The molecule has 172 valence electrons. The molecule has 0 aromatic carbocycles. The molecule has 3 aromatic rings. The number of hydrogen-bond acceptors (Lipinski definition) is 9. The lowest BCUT2D eigenvalue weighted by Gasteiger charge is -2.07. The Morgan fingerprint density at radius 2 is 2.03 bits per heavy atom. The fraction of sp³-hybridized carbons (Fsp3) is 0.500. The third-order valence-electron chi connectivity index (χ3n) is 5.48. The van der Waals surface area contributed by atoms with Crippen LogP contribution in [0.25, 0.3) is 10.2 Å². The zero-order valence-corrected chi connectivity index (χ0v) is 19.7. The zero-order chi connectivity index (χ0) is 22.9. The zero-order valence-electron chi connectivity index (χ0n) is 18.0. The van der Waals surface area contributed by atoms with Gasteiger partial charge in [-0.2, -0.15) is 0 Å². The summed E-state index contributed by atoms with van der Waals surface area (Å²) in [5.41, 5.74) is 7.47. The van der Waals surface area contributed by atoms with Crippen LogP contribution in [0, 0.1) is 6.92 Å². The summed E-state index contributed by atoms with van der Waals surface area (Å²) in [6.45, 7) is 1.49. The van der Waals surface area contributed by atoms with Crippen LogP contribution in [0.1, 0.15) is 47.8 Å². The van der Waals surface area contributed by atoms with Crippen molar-refractivity contribution in [3.05, 3.63) is 28.3 Å². The van der Waals surface area contributed by atoms with Crippen LogP contribution in [0.3, 0.4) is 0 Å². The molecule has 0 saturated heterocycles. The van der Waals surface area contributed by atoms with E-state index in [1.54, 1.807) is 29.9 Å².